The molecular formula is C18H25ClO3. The van der Waals surface area contributed by atoms with E-state index in [1.807, 2.05) is 0 Å². The van der Waals surface area contributed by atoms with E-state index in [9.17, 15) is 9.90 Å². The highest BCUT2D eigenvalue weighted by atomic mass is 35.5. The number of carbonyl (C=O) groups is 1. The molecule has 0 saturated heterocycles. The largest absolute Gasteiger partial charge is 0.510 e. The lowest BCUT2D eigenvalue weighted by Gasteiger charge is -2.41. The van der Waals surface area contributed by atoms with Crippen LogP contribution >= 0.6 is 11.6 Å². The van der Waals surface area contributed by atoms with Gasteiger partial charge in [0.1, 0.15) is 11.4 Å². The summed E-state index contributed by atoms with van der Waals surface area (Å²) in [6.07, 6.45) is 13.9. The molecule has 2 aliphatic carbocycles. The average molecular weight is 325 g/mol. The quantitative estimate of drug-likeness (QED) is 0.574. The number of hydrogen-bond acceptors (Lipinski definition) is 3. The molecule has 0 bridgehead atoms. The number of halogens is 1. The molecule has 0 amide bonds. The van der Waals surface area contributed by atoms with E-state index in [-0.39, 0.29) is 10.8 Å². The molecule has 1 aliphatic heterocycles. The van der Waals surface area contributed by atoms with Crippen LogP contribution < -0.4 is 0 Å². The van der Waals surface area contributed by atoms with Crippen molar-refractivity contribution in [1.82, 2.24) is 0 Å². The first kappa shape index (κ1) is 15.9. The first-order valence-corrected chi connectivity index (χ1v) is 8.97. The van der Waals surface area contributed by atoms with Crippen LogP contribution in [0.15, 0.2) is 22.4 Å². The molecule has 0 radical (unpaired) electrons. The lowest BCUT2D eigenvalue weighted by Crippen LogP contribution is -2.45. The molecule has 0 spiro atoms. The molecule has 0 aromatic carbocycles. The summed E-state index contributed by atoms with van der Waals surface area (Å²) in [5, 5.41) is 9.98. The summed E-state index contributed by atoms with van der Waals surface area (Å²) in [7, 11) is 0. The lowest BCUT2D eigenvalue weighted by molar-refractivity contribution is -0.166. The Bertz CT molecular complexity index is 502. The third-order valence-corrected chi connectivity index (χ3v) is 5.92. The summed E-state index contributed by atoms with van der Waals surface area (Å²) in [6, 6.07) is 0. The van der Waals surface area contributed by atoms with Crippen LogP contribution in [0, 0.1) is 5.92 Å². The number of cyclic esters (lactones) is 1. The SMILES string of the molecule is O=C1OC(CCC2=CCCCC2)(C2CCCC2)CC(O)=C1Cl. The van der Waals surface area contributed by atoms with E-state index in [1.54, 1.807) is 0 Å². The lowest BCUT2D eigenvalue weighted by atomic mass is 9.76. The van der Waals surface area contributed by atoms with Crippen molar-refractivity contribution >= 4 is 17.6 Å². The Labute approximate surface area is 137 Å². The highest BCUT2D eigenvalue weighted by Gasteiger charge is 2.47. The van der Waals surface area contributed by atoms with Crippen molar-refractivity contribution < 1.29 is 14.6 Å². The van der Waals surface area contributed by atoms with Crippen LogP contribution in [0.25, 0.3) is 0 Å². The molecule has 4 heteroatoms. The zero-order chi connectivity index (χ0) is 15.6. The van der Waals surface area contributed by atoms with Gasteiger partial charge in [-0.1, -0.05) is 36.1 Å². The summed E-state index contributed by atoms with van der Waals surface area (Å²) in [4.78, 5) is 12.0. The van der Waals surface area contributed by atoms with Gasteiger partial charge in [0.2, 0.25) is 0 Å². The van der Waals surface area contributed by atoms with Gasteiger partial charge in [0.05, 0.1) is 0 Å². The van der Waals surface area contributed by atoms with Gasteiger partial charge in [-0.25, -0.2) is 4.79 Å². The molecule has 1 heterocycles. The molecule has 122 valence electrons. The van der Waals surface area contributed by atoms with Crippen molar-refractivity contribution in [2.24, 2.45) is 5.92 Å². The van der Waals surface area contributed by atoms with Crippen molar-refractivity contribution in [3.63, 3.8) is 0 Å². The predicted molar refractivity (Wildman–Crippen MR) is 86.7 cm³/mol. The Hall–Kier alpha value is -0.960. The van der Waals surface area contributed by atoms with Crippen LogP contribution in [0.2, 0.25) is 0 Å². The minimum absolute atomic E-state index is 0.0161. The summed E-state index contributed by atoms with van der Waals surface area (Å²) in [5.74, 6) is -0.176. The second-order valence-corrected chi connectivity index (χ2v) is 7.36. The molecule has 22 heavy (non-hydrogen) atoms. The van der Waals surface area contributed by atoms with Gasteiger partial charge in [-0.2, -0.15) is 0 Å². The summed E-state index contributed by atoms with van der Waals surface area (Å²) in [6.45, 7) is 0. The average Bonchev–Trinajstić information content (AvgIpc) is 3.07. The number of carbonyl (C=O) groups excluding carboxylic acids is 1. The minimum atomic E-state index is -0.547. The number of hydrogen-bond donors (Lipinski definition) is 1. The van der Waals surface area contributed by atoms with Crippen LogP contribution in [0.1, 0.15) is 70.6 Å². The van der Waals surface area contributed by atoms with Crippen molar-refractivity contribution in [3.05, 3.63) is 22.4 Å². The Kier molecular flexibility index (Phi) is 4.82. The minimum Gasteiger partial charge on any atom is -0.510 e. The van der Waals surface area contributed by atoms with Gasteiger partial charge in [-0.15, -0.1) is 0 Å². The van der Waals surface area contributed by atoms with Gasteiger partial charge in [0.25, 0.3) is 0 Å². The molecule has 3 aliphatic rings. The fourth-order valence-electron chi connectivity index (χ4n) is 4.27. The Morgan fingerprint density at radius 3 is 2.68 bits per heavy atom. The van der Waals surface area contributed by atoms with E-state index in [0.29, 0.717) is 12.3 Å². The van der Waals surface area contributed by atoms with Crippen molar-refractivity contribution in [1.29, 1.82) is 0 Å². The number of ether oxygens (including phenoxy) is 1. The van der Waals surface area contributed by atoms with Gasteiger partial charge in [-0.05, 0) is 57.3 Å². The maximum Gasteiger partial charge on any atom is 0.353 e. The zero-order valence-electron chi connectivity index (χ0n) is 13.1. The van der Waals surface area contributed by atoms with Crippen LogP contribution in [0.5, 0.6) is 0 Å². The number of aliphatic hydroxyl groups is 1. The highest BCUT2D eigenvalue weighted by molar-refractivity contribution is 6.41. The normalized spacial score (nSPS) is 30.4. The Morgan fingerprint density at radius 1 is 1.27 bits per heavy atom. The van der Waals surface area contributed by atoms with Gasteiger partial charge in [0.15, 0.2) is 5.03 Å². The predicted octanol–water partition coefficient (Wildman–Crippen LogP) is 5.15. The molecular weight excluding hydrogens is 300 g/mol. The van der Waals surface area contributed by atoms with Crippen LogP contribution in [0.4, 0.5) is 0 Å². The third-order valence-electron chi connectivity index (χ3n) is 5.55. The Morgan fingerprint density at radius 2 is 2.05 bits per heavy atom. The molecule has 1 fully saturated rings. The number of rotatable bonds is 4. The van der Waals surface area contributed by atoms with E-state index in [2.05, 4.69) is 6.08 Å². The van der Waals surface area contributed by atoms with Crippen molar-refractivity contribution in [3.8, 4) is 0 Å². The molecule has 1 atom stereocenters. The summed E-state index contributed by atoms with van der Waals surface area (Å²) < 4.78 is 5.82. The van der Waals surface area contributed by atoms with E-state index in [4.69, 9.17) is 16.3 Å². The summed E-state index contributed by atoms with van der Waals surface area (Å²) >= 11 is 5.84. The highest BCUT2D eigenvalue weighted by Crippen LogP contribution is 2.46. The van der Waals surface area contributed by atoms with Gasteiger partial charge < -0.3 is 9.84 Å². The first-order chi connectivity index (χ1) is 10.6. The van der Waals surface area contributed by atoms with Gasteiger partial charge >= 0.3 is 5.97 Å². The number of esters is 1. The van der Waals surface area contributed by atoms with E-state index in [0.717, 1.165) is 32.1 Å². The van der Waals surface area contributed by atoms with E-state index in [1.165, 1.54) is 37.7 Å². The standard InChI is InChI=1S/C18H25ClO3/c19-16-15(20)12-18(22-17(16)21,14-8-4-5-9-14)11-10-13-6-2-1-3-7-13/h6,14,20H,1-5,7-12H2. The molecule has 0 aromatic heterocycles. The van der Waals surface area contributed by atoms with Crippen LogP contribution in [-0.2, 0) is 9.53 Å². The maximum absolute atomic E-state index is 12.0. The first-order valence-electron chi connectivity index (χ1n) is 8.59. The van der Waals surface area contributed by atoms with E-state index >= 15 is 0 Å². The molecule has 1 saturated carbocycles. The second-order valence-electron chi connectivity index (χ2n) is 6.98. The number of aliphatic hydroxyl groups excluding tert-OH is 1. The van der Waals surface area contributed by atoms with Crippen molar-refractivity contribution in [2.45, 2.75) is 76.2 Å². The smallest absolute Gasteiger partial charge is 0.353 e. The van der Waals surface area contributed by atoms with Gasteiger partial charge in [-0.3, -0.25) is 0 Å². The number of allylic oxidation sites excluding steroid dienone is 2. The molecule has 1 N–H and O–H groups in total. The van der Waals surface area contributed by atoms with Crippen LogP contribution in [0.3, 0.4) is 0 Å². The fourth-order valence-corrected chi connectivity index (χ4v) is 4.38. The molecule has 0 aromatic rings. The summed E-state index contributed by atoms with van der Waals surface area (Å²) in [5.41, 5.74) is 0.939. The second kappa shape index (κ2) is 6.66. The Balaban J connectivity index is 1.78. The maximum atomic E-state index is 12.0. The third kappa shape index (κ3) is 3.19. The fraction of sp³-hybridized carbons (Fsp3) is 0.722. The monoisotopic (exact) mass is 324 g/mol. The zero-order valence-corrected chi connectivity index (χ0v) is 13.8. The van der Waals surface area contributed by atoms with Crippen LogP contribution in [-0.4, -0.2) is 16.7 Å². The van der Waals surface area contributed by atoms with Gasteiger partial charge in [0, 0.05) is 6.42 Å². The van der Waals surface area contributed by atoms with E-state index < -0.39 is 11.6 Å². The topological polar surface area (TPSA) is 46.5 Å². The molecule has 3 rings (SSSR count). The van der Waals surface area contributed by atoms with Crippen molar-refractivity contribution in [2.75, 3.05) is 0 Å². The molecule has 3 nitrogen and oxygen atoms in total. The molecule has 1 unspecified atom stereocenters.